The maximum atomic E-state index is 11.8. The van der Waals surface area contributed by atoms with Crippen molar-refractivity contribution in [2.45, 2.75) is 52.1 Å². The second-order valence-electron chi connectivity index (χ2n) is 5.74. The number of aliphatic imine (C=N–C) groups is 1. The number of carbonyl (C=O) groups is 1. The van der Waals surface area contributed by atoms with E-state index in [1.54, 1.807) is 18.4 Å². The minimum atomic E-state index is -0.0485. The number of hydrogen-bond donors (Lipinski definition) is 2. The molecule has 0 saturated heterocycles. The maximum absolute atomic E-state index is 11.8. The molecule has 7 heteroatoms. The molecule has 2 N–H and O–H groups in total. The highest BCUT2D eigenvalue weighted by Crippen LogP contribution is 2.25. The number of nitrogens with one attached hydrogen (secondary N) is 2. The van der Waals surface area contributed by atoms with Gasteiger partial charge in [0.05, 0.1) is 19.1 Å². The fourth-order valence-electron chi connectivity index (χ4n) is 2.76. The molecule has 1 aliphatic carbocycles. The van der Waals surface area contributed by atoms with Gasteiger partial charge in [-0.1, -0.05) is 0 Å². The van der Waals surface area contributed by atoms with Crippen LogP contribution >= 0.6 is 11.3 Å². The number of guanidine groups is 1. The Bertz CT molecular complexity index is 536. The van der Waals surface area contributed by atoms with Crippen LogP contribution in [0.25, 0.3) is 0 Å². The van der Waals surface area contributed by atoms with Crippen LogP contribution in [0.2, 0.25) is 0 Å². The van der Waals surface area contributed by atoms with Crippen molar-refractivity contribution in [2.24, 2.45) is 10.9 Å². The summed E-state index contributed by atoms with van der Waals surface area (Å²) in [4.78, 5) is 21.6. The van der Waals surface area contributed by atoms with Crippen LogP contribution in [0.3, 0.4) is 0 Å². The van der Waals surface area contributed by atoms with Gasteiger partial charge in [-0.3, -0.25) is 9.79 Å². The Labute approximate surface area is 141 Å². The van der Waals surface area contributed by atoms with E-state index in [-0.39, 0.29) is 11.9 Å². The van der Waals surface area contributed by atoms with Crippen LogP contribution in [0.4, 0.5) is 0 Å². The monoisotopic (exact) mass is 338 g/mol. The normalized spacial score (nSPS) is 21.8. The highest BCUT2D eigenvalue weighted by atomic mass is 32.1. The Morgan fingerprint density at radius 2 is 2.17 bits per heavy atom. The second kappa shape index (κ2) is 8.86. The predicted octanol–water partition coefficient (Wildman–Crippen LogP) is 2.24. The van der Waals surface area contributed by atoms with Gasteiger partial charge in [-0.25, -0.2) is 4.98 Å². The average Bonchev–Trinajstić information content (AvgIpc) is 2.97. The molecule has 0 atom stereocenters. The van der Waals surface area contributed by atoms with Crippen molar-refractivity contribution in [1.29, 1.82) is 0 Å². The standard InChI is InChI=1S/C16H26N4O2S/c1-4-22-15(21)12-5-7-13(8-6-12)20-16(17-3)19-10-14-18-9-11(2)23-14/h9,12-13H,4-8,10H2,1-3H3,(H2,17,19,20). The molecular weight excluding hydrogens is 312 g/mol. The molecule has 128 valence electrons. The van der Waals surface area contributed by atoms with E-state index >= 15 is 0 Å². The minimum absolute atomic E-state index is 0.0485. The Morgan fingerprint density at radius 3 is 2.74 bits per heavy atom. The summed E-state index contributed by atoms with van der Waals surface area (Å²) < 4.78 is 5.11. The largest absolute Gasteiger partial charge is 0.466 e. The summed E-state index contributed by atoms with van der Waals surface area (Å²) in [5.41, 5.74) is 0. The summed E-state index contributed by atoms with van der Waals surface area (Å²) in [6.07, 6.45) is 5.55. The number of rotatable bonds is 5. The molecule has 1 aromatic rings. The first-order valence-electron chi connectivity index (χ1n) is 8.17. The molecule has 1 heterocycles. The SMILES string of the molecule is CCOC(=O)C1CCC(NC(=NC)NCc2ncc(C)s2)CC1. The van der Waals surface area contributed by atoms with Gasteiger partial charge in [-0.05, 0) is 39.5 Å². The molecular formula is C16H26N4O2S. The van der Waals surface area contributed by atoms with Crippen molar-refractivity contribution in [3.8, 4) is 0 Å². The first-order valence-corrected chi connectivity index (χ1v) is 8.99. The molecule has 1 fully saturated rings. The number of thiazole rings is 1. The number of hydrogen-bond acceptors (Lipinski definition) is 5. The molecule has 1 aliphatic rings. The van der Waals surface area contributed by atoms with Crippen LogP contribution in [0, 0.1) is 12.8 Å². The van der Waals surface area contributed by atoms with Gasteiger partial charge in [0.15, 0.2) is 5.96 Å². The zero-order valence-corrected chi connectivity index (χ0v) is 14.9. The zero-order valence-electron chi connectivity index (χ0n) is 14.1. The van der Waals surface area contributed by atoms with E-state index < -0.39 is 0 Å². The summed E-state index contributed by atoms with van der Waals surface area (Å²) >= 11 is 1.69. The molecule has 0 aliphatic heterocycles. The Morgan fingerprint density at radius 1 is 1.43 bits per heavy atom. The number of carbonyl (C=O) groups excluding carboxylic acids is 1. The van der Waals surface area contributed by atoms with Gasteiger partial charge in [-0.2, -0.15) is 0 Å². The number of aryl methyl sites for hydroxylation is 1. The van der Waals surface area contributed by atoms with Gasteiger partial charge in [-0.15, -0.1) is 11.3 Å². The molecule has 0 bridgehead atoms. The summed E-state index contributed by atoms with van der Waals surface area (Å²) in [6, 6.07) is 0.352. The molecule has 23 heavy (non-hydrogen) atoms. The third-order valence-electron chi connectivity index (χ3n) is 3.99. The molecule has 1 saturated carbocycles. The van der Waals surface area contributed by atoms with Gasteiger partial charge < -0.3 is 15.4 Å². The number of aromatic nitrogens is 1. The van der Waals surface area contributed by atoms with Crippen molar-refractivity contribution < 1.29 is 9.53 Å². The average molecular weight is 338 g/mol. The molecule has 0 unspecified atom stereocenters. The highest BCUT2D eigenvalue weighted by Gasteiger charge is 2.27. The van der Waals surface area contributed by atoms with Crippen LogP contribution in [0.1, 0.15) is 42.5 Å². The van der Waals surface area contributed by atoms with Crippen LogP contribution in [-0.2, 0) is 16.1 Å². The second-order valence-corrected chi connectivity index (χ2v) is 7.05. The molecule has 2 rings (SSSR count). The zero-order chi connectivity index (χ0) is 16.7. The quantitative estimate of drug-likeness (QED) is 0.489. The fourth-order valence-corrected chi connectivity index (χ4v) is 3.49. The third kappa shape index (κ3) is 5.49. The van der Waals surface area contributed by atoms with Crippen LogP contribution < -0.4 is 10.6 Å². The Balaban J connectivity index is 1.74. The molecule has 0 spiro atoms. The molecule has 0 amide bonds. The van der Waals surface area contributed by atoms with Crippen molar-refractivity contribution in [3.05, 3.63) is 16.1 Å². The van der Waals surface area contributed by atoms with Gasteiger partial charge in [0, 0.05) is 24.2 Å². The van der Waals surface area contributed by atoms with Crippen molar-refractivity contribution in [3.63, 3.8) is 0 Å². The van der Waals surface area contributed by atoms with E-state index in [2.05, 4.69) is 27.5 Å². The van der Waals surface area contributed by atoms with Crippen molar-refractivity contribution in [2.75, 3.05) is 13.7 Å². The number of nitrogens with zero attached hydrogens (tertiary/aromatic N) is 2. The van der Waals surface area contributed by atoms with E-state index in [9.17, 15) is 4.79 Å². The van der Waals surface area contributed by atoms with Gasteiger partial charge in [0.25, 0.3) is 0 Å². The third-order valence-corrected chi connectivity index (χ3v) is 4.90. The van der Waals surface area contributed by atoms with Crippen LogP contribution in [0.5, 0.6) is 0 Å². The Kier molecular flexibility index (Phi) is 6.83. The smallest absolute Gasteiger partial charge is 0.308 e. The first kappa shape index (κ1) is 17.7. The minimum Gasteiger partial charge on any atom is -0.466 e. The summed E-state index contributed by atoms with van der Waals surface area (Å²) in [6.45, 7) is 5.04. The van der Waals surface area contributed by atoms with E-state index in [1.165, 1.54) is 4.88 Å². The summed E-state index contributed by atoms with van der Waals surface area (Å²) in [5.74, 6) is 0.798. The lowest BCUT2D eigenvalue weighted by atomic mass is 9.86. The van der Waals surface area contributed by atoms with E-state index in [1.807, 2.05) is 13.1 Å². The maximum Gasteiger partial charge on any atom is 0.308 e. The lowest BCUT2D eigenvalue weighted by Gasteiger charge is -2.29. The van der Waals surface area contributed by atoms with Crippen LogP contribution in [0.15, 0.2) is 11.2 Å². The highest BCUT2D eigenvalue weighted by molar-refractivity contribution is 7.11. The predicted molar refractivity (Wildman–Crippen MR) is 92.6 cm³/mol. The first-order chi connectivity index (χ1) is 11.1. The molecule has 0 aromatic carbocycles. The fraction of sp³-hybridized carbons (Fsp3) is 0.688. The Hall–Kier alpha value is -1.63. The van der Waals surface area contributed by atoms with Gasteiger partial charge in [0.2, 0.25) is 0 Å². The van der Waals surface area contributed by atoms with Crippen LogP contribution in [-0.4, -0.2) is 36.6 Å². The molecule has 1 aromatic heterocycles. The summed E-state index contributed by atoms with van der Waals surface area (Å²) in [5, 5.41) is 7.79. The lowest BCUT2D eigenvalue weighted by molar-refractivity contribution is -0.149. The summed E-state index contributed by atoms with van der Waals surface area (Å²) in [7, 11) is 1.77. The number of esters is 1. The van der Waals surface area contributed by atoms with Crippen molar-refractivity contribution >= 4 is 23.3 Å². The van der Waals surface area contributed by atoms with Crippen molar-refractivity contribution in [1.82, 2.24) is 15.6 Å². The number of ether oxygens (including phenoxy) is 1. The molecule has 0 radical (unpaired) electrons. The van der Waals surface area contributed by atoms with E-state index in [0.717, 1.165) is 36.7 Å². The lowest BCUT2D eigenvalue weighted by Crippen LogP contribution is -2.45. The van der Waals surface area contributed by atoms with E-state index in [0.29, 0.717) is 19.2 Å². The van der Waals surface area contributed by atoms with E-state index in [4.69, 9.17) is 4.74 Å². The molecule has 6 nitrogen and oxygen atoms in total. The van der Waals surface area contributed by atoms with Gasteiger partial charge >= 0.3 is 5.97 Å². The van der Waals surface area contributed by atoms with Gasteiger partial charge in [0.1, 0.15) is 5.01 Å². The topological polar surface area (TPSA) is 75.6 Å².